The number of hydroxylamine groups is 4. The van der Waals surface area contributed by atoms with Crippen LogP contribution in [0.25, 0.3) is 0 Å². The second-order valence-corrected chi connectivity index (χ2v) is 3.16. The second-order valence-electron chi connectivity index (χ2n) is 3.16. The van der Waals surface area contributed by atoms with Crippen LogP contribution in [0, 0.1) is 0 Å². The Hall–Kier alpha value is -1.96. The minimum Gasteiger partial charge on any atom is -0.550 e. The zero-order chi connectivity index (χ0) is 20.9. The zero-order valence-corrected chi connectivity index (χ0v) is 16.8. The van der Waals surface area contributed by atoms with Crippen LogP contribution in [-0.4, -0.2) is 79.2 Å². The minimum atomic E-state index is -1.08. The molecule has 0 aliphatic carbocycles. The van der Waals surface area contributed by atoms with Crippen molar-refractivity contribution in [2.75, 3.05) is 13.1 Å². The quantitative estimate of drug-likeness (QED) is 0.189. The fourth-order valence-corrected chi connectivity index (χ4v) is 0.179. The van der Waals surface area contributed by atoms with E-state index in [2.05, 4.69) is 0 Å². The summed E-state index contributed by atoms with van der Waals surface area (Å²) in [6, 6.07) is 0. The predicted molar refractivity (Wildman–Crippen MR) is 76.5 cm³/mol. The maximum Gasteiger partial charge on any atom is 3.00 e. The molecule has 0 heterocycles. The van der Waals surface area contributed by atoms with Gasteiger partial charge in [-0.2, -0.15) is 0 Å². The molecule has 0 rings (SSSR count). The van der Waals surface area contributed by atoms with Gasteiger partial charge in [0, 0.05) is 23.9 Å². The average molecular weight is 470 g/mol. The molecule has 0 saturated heterocycles. The summed E-state index contributed by atoms with van der Waals surface area (Å²) in [6.07, 6.45) is 0. The van der Waals surface area contributed by atoms with Gasteiger partial charge in [-0.15, -0.1) is 0 Å². The average Bonchev–Trinajstić information content (AvgIpc) is 2.22. The first kappa shape index (κ1) is 56.2. The standard InChI is InChI=1S/C2H8N2O4.4C2H4O2.Fe.H3N.2H2O/c5-3(6)1-2-4(7)8;4*1-2(3)4;;;;/h5-8H,1-2H2;4*1H3,(H,3,4);;1H3;2*1H2/q;;;;;+3;;;/p-3. The number of rotatable bonds is 3. The Kier molecular flexibility index (Phi) is 89.3. The molecule has 0 saturated carbocycles. The summed E-state index contributed by atoms with van der Waals surface area (Å²) < 4.78 is 0. The van der Waals surface area contributed by atoms with E-state index in [4.69, 9.17) is 60.4 Å². The molecule has 0 aromatic rings. The SMILES string of the molecule is CC(=O)[O-].CC(=O)[O-].CC(=O)[O-].CC(=O)[O-].O.O.ON(O)CCN(O)O.[Fe+3].[NH4+]. The van der Waals surface area contributed by atoms with Crippen molar-refractivity contribution in [3.8, 4) is 0 Å². The van der Waals surface area contributed by atoms with Crippen LogP contribution in [-0.2, 0) is 36.2 Å². The van der Waals surface area contributed by atoms with Crippen molar-refractivity contribution in [1.82, 2.24) is 16.6 Å². The number of quaternary nitrogens is 1. The van der Waals surface area contributed by atoms with E-state index in [1.54, 1.807) is 0 Å². The Morgan fingerprint density at radius 1 is 0.607 bits per heavy atom. The van der Waals surface area contributed by atoms with Crippen molar-refractivity contribution in [3.63, 3.8) is 0 Å². The Balaban J connectivity index is -0.0000000231. The molecule has 0 aliphatic heterocycles. The maximum atomic E-state index is 8.89. The van der Waals surface area contributed by atoms with Crippen molar-refractivity contribution >= 4 is 23.9 Å². The molecule has 175 valence electrons. The van der Waals surface area contributed by atoms with Gasteiger partial charge in [0.1, 0.15) is 0 Å². The topological polar surface area (TPSA) is 347 Å². The molecular formula is C10H28FeN3O14. The third kappa shape index (κ3) is 1380. The van der Waals surface area contributed by atoms with Crippen LogP contribution in [0.3, 0.4) is 0 Å². The van der Waals surface area contributed by atoms with E-state index in [0.717, 1.165) is 27.7 Å². The fourth-order valence-electron chi connectivity index (χ4n) is 0.179. The van der Waals surface area contributed by atoms with Crippen LogP contribution < -0.4 is 26.6 Å². The molecule has 0 atom stereocenters. The monoisotopic (exact) mass is 470 g/mol. The minimum absolute atomic E-state index is 0. The van der Waals surface area contributed by atoms with Crippen molar-refractivity contribution in [1.29, 1.82) is 0 Å². The van der Waals surface area contributed by atoms with Gasteiger partial charge in [-0.3, -0.25) is 20.8 Å². The third-order valence-electron chi connectivity index (χ3n) is 0.500. The van der Waals surface area contributed by atoms with Crippen molar-refractivity contribution in [2.45, 2.75) is 27.7 Å². The Labute approximate surface area is 170 Å². The summed E-state index contributed by atoms with van der Waals surface area (Å²) in [5.41, 5.74) is 0. The Bertz CT molecular complexity index is 271. The summed E-state index contributed by atoms with van der Waals surface area (Å²) in [6.45, 7) is 3.40. The van der Waals surface area contributed by atoms with Gasteiger partial charge in [0.25, 0.3) is 0 Å². The van der Waals surface area contributed by atoms with Crippen molar-refractivity contribution in [3.05, 3.63) is 0 Å². The van der Waals surface area contributed by atoms with Crippen LogP contribution in [0.1, 0.15) is 27.7 Å². The summed E-state index contributed by atoms with van der Waals surface area (Å²) in [4.78, 5) is 35.6. The number of carboxylic acids is 4. The van der Waals surface area contributed by atoms with Crippen LogP contribution in [0.5, 0.6) is 0 Å². The number of carbonyl (C=O) groups is 4. The smallest absolute Gasteiger partial charge is 0.550 e. The van der Waals surface area contributed by atoms with E-state index < -0.39 is 23.9 Å². The van der Waals surface area contributed by atoms with Gasteiger partial charge in [-0.1, -0.05) is 10.5 Å². The summed E-state index contributed by atoms with van der Waals surface area (Å²) >= 11 is 0. The molecule has 0 spiro atoms. The molecule has 28 heavy (non-hydrogen) atoms. The summed E-state index contributed by atoms with van der Waals surface area (Å²) in [5, 5.41) is 67.0. The molecule has 0 amide bonds. The first-order valence-electron chi connectivity index (χ1n) is 5.57. The molecule has 0 aliphatic rings. The van der Waals surface area contributed by atoms with Gasteiger partial charge in [0.15, 0.2) is 0 Å². The Morgan fingerprint density at radius 3 is 0.714 bits per heavy atom. The molecule has 0 bridgehead atoms. The predicted octanol–water partition coefficient (Wildman–Crippen LogP) is -7.10. The number of carboxylic acid groups (broad SMARTS) is 4. The number of aliphatic carboxylic acids is 4. The van der Waals surface area contributed by atoms with Gasteiger partial charge in [0.2, 0.25) is 0 Å². The third-order valence-corrected chi connectivity index (χ3v) is 0.500. The number of nitrogens with zero attached hydrogens (tertiary/aromatic N) is 2. The van der Waals surface area contributed by atoms with Gasteiger partial charge >= 0.3 is 17.1 Å². The van der Waals surface area contributed by atoms with E-state index >= 15 is 0 Å². The molecule has 17 nitrogen and oxygen atoms in total. The molecule has 1 radical (unpaired) electrons. The van der Waals surface area contributed by atoms with Gasteiger partial charge in [-0.05, 0) is 27.7 Å². The van der Waals surface area contributed by atoms with E-state index in [1.165, 1.54) is 0 Å². The molecule has 12 N–H and O–H groups in total. The molecule has 18 heteroatoms. The summed E-state index contributed by atoms with van der Waals surface area (Å²) in [7, 11) is 0. The molecule has 0 aromatic heterocycles. The number of hydrogen-bond acceptors (Lipinski definition) is 14. The number of carbonyl (C=O) groups excluding carboxylic acids is 4. The van der Waals surface area contributed by atoms with Crippen LogP contribution in [0.4, 0.5) is 0 Å². The van der Waals surface area contributed by atoms with Crippen molar-refractivity contribution in [2.24, 2.45) is 0 Å². The first-order chi connectivity index (χ1) is 10.6. The second kappa shape index (κ2) is 44.5. The van der Waals surface area contributed by atoms with Crippen molar-refractivity contribution < 1.29 is 88.5 Å². The largest absolute Gasteiger partial charge is 3.00 e. The van der Waals surface area contributed by atoms with Gasteiger partial charge < -0.3 is 56.7 Å². The van der Waals surface area contributed by atoms with E-state index in [1.807, 2.05) is 0 Å². The van der Waals surface area contributed by atoms with Gasteiger partial charge in [-0.25, -0.2) is 0 Å². The van der Waals surface area contributed by atoms with Crippen LogP contribution in [0.2, 0.25) is 0 Å². The first-order valence-corrected chi connectivity index (χ1v) is 5.57. The van der Waals surface area contributed by atoms with Gasteiger partial charge in [0.05, 0.1) is 13.1 Å². The normalized spacial score (nSPS) is 6.79. The zero-order valence-electron chi connectivity index (χ0n) is 15.7. The summed E-state index contributed by atoms with van der Waals surface area (Å²) in [5.74, 6) is -4.33. The fraction of sp³-hybridized carbons (Fsp3) is 0.600. The van der Waals surface area contributed by atoms with E-state index in [9.17, 15) is 0 Å². The molecule has 0 unspecified atom stereocenters. The molecular weight excluding hydrogens is 442 g/mol. The molecule has 0 fully saturated rings. The number of hydrogen-bond donors (Lipinski definition) is 5. The van der Waals surface area contributed by atoms with E-state index in [-0.39, 0.29) is 57.7 Å². The van der Waals surface area contributed by atoms with Crippen LogP contribution in [0.15, 0.2) is 0 Å². The molecule has 0 aromatic carbocycles. The van der Waals surface area contributed by atoms with Crippen LogP contribution >= 0.6 is 0 Å². The maximum absolute atomic E-state index is 8.89. The Morgan fingerprint density at radius 2 is 0.679 bits per heavy atom. The van der Waals surface area contributed by atoms with E-state index in [0.29, 0.717) is 0 Å².